The maximum atomic E-state index is 13.3. The normalized spacial score (nSPS) is 14.1. The van der Waals surface area contributed by atoms with Crippen LogP contribution in [0.2, 0.25) is 0 Å². The van der Waals surface area contributed by atoms with Crippen molar-refractivity contribution in [2.75, 3.05) is 43.3 Å². The van der Waals surface area contributed by atoms with Crippen molar-refractivity contribution in [3.63, 3.8) is 0 Å². The number of halogens is 1. The molecule has 9 heteroatoms. The number of rotatable bonds is 10. The van der Waals surface area contributed by atoms with Crippen molar-refractivity contribution >= 4 is 21.6 Å². The molecule has 1 saturated heterocycles. The van der Waals surface area contributed by atoms with Gasteiger partial charge in [-0.3, -0.25) is 14.0 Å². The molecule has 0 N–H and O–H groups in total. The van der Waals surface area contributed by atoms with Gasteiger partial charge in [-0.05, 0) is 53.1 Å². The third-order valence-corrected chi connectivity index (χ3v) is 8.53. The SMILES string of the molecule is CS(=O)(=O)N(Cc1ccc(F)cc1)c1ccc(OCC(=O)N2CCN(C(c3ccccc3)c3ccccc3)CC2)cc1. The summed E-state index contributed by atoms with van der Waals surface area (Å²) >= 11 is 0. The number of sulfonamides is 1. The topological polar surface area (TPSA) is 70.2 Å². The summed E-state index contributed by atoms with van der Waals surface area (Å²) in [6.45, 7) is 2.65. The lowest BCUT2D eigenvalue weighted by atomic mass is 9.96. The Bertz CT molecular complexity index is 1520. The summed E-state index contributed by atoms with van der Waals surface area (Å²) < 4.78 is 45.2. The van der Waals surface area contributed by atoms with Crippen molar-refractivity contribution in [2.24, 2.45) is 0 Å². The fraction of sp³-hybridized carbons (Fsp3) is 0.242. The van der Waals surface area contributed by atoms with Crippen LogP contribution in [0.1, 0.15) is 22.7 Å². The standard InChI is InChI=1S/C33H34FN3O4S/c1-42(39,40)37(24-26-12-14-29(34)15-13-26)30-16-18-31(19-17-30)41-25-32(38)35-20-22-36(23-21-35)33(27-8-4-2-5-9-27)28-10-6-3-7-11-28/h2-19,33H,20-25H2,1H3. The van der Waals surface area contributed by atoms with Crippen molar-refractivity contribution in [1.82, 2.24) is 9.80 Å². The summed E-state index contributed by atoms with van der Waals surface area (Å²) in [5.41, 5.74) is 3.56. The van der Waals surface area contributed by atoms with E-state index in [9.17, 15) is 17.6 Å². The molecule has 0 atom stereocenters. The van der Waals surface area contributed by atoms with E-state index in [4.69, 9.17) is 4.74 Å². The van der Waals surface area contributed by atoms with Gasteiger partial charge in [-0.1, -0.05) is 72.8 Å². The van der Waals surface area contributed by atoms with Crippen molar-refractivity contribution in [3.8, 4) is 5.75 Å². The average molecular weight is 588 g/mol. The highest BCUT2D eigenvalue weighted by Crippen LogP contribution is 2.29. The minimum absolute atomic E-state index is 0.0686. The number of anilines is 1. The molecule has 5 rings (SSSR count). The van der Waals surface area contributed by atoms with Gasteiger partial charge in [0.05, 0.1) is 24.5 Å². The van der Waals surface area contributed by atoms with Crippen molar-refractivity contribution in [3.05, 3.63) is 132 Å². The zero-order valence-corrected chi connectivity index (χ0v) is 24.3. The Morgan fingerprint density at radius 2 is 1.36 bits per heavy atom. The van der Waals surface area contributed by atoms with E-state index in [1.54, 1.807) is 36.4 Å². The molecular weight excluding hydrogens is 553 g/mol. The smallest absolute Gasteiger partial charge is 0.260 e. The van der Waals surface area contributed by atoms with Crippen LogP contribution in [-0.4, -0.2) is 63.2 Å². The van der Waals surface area contributed by atoms with Gasteiger partial charge in [0.15, 0.2) is 6.61 Å². The molecule has 42 heavy (non-hydrogen) atoms. The number of hydrogen-bond acceptors (Lipinski definition) is 5. The quantitative estimate of drug-likeness (QED) is 0.258. The van der Waals surface area contributed by atoms with E-state index in [1.807, 2.05) is 17.0 Å². The van der Waals surface area contributed by atoms with Gasteiger partial charge < -0.3 is 9.64 Å². The Labute approximate surface area is 246 Å². The number of piperazine rings is 1. The number of ether oxygens (including phenoxy) is 1. The molecule has 7 nitrogen and oxygen atoms in total. The monoisotopic (exact) mass is 587 g/mol. The molecule has 1 aliphatic heterocycles. The van der Waals surface area contributed by atoms with Gasteiger partial charge in [0, 0.05) is 26.2 Å². The number of nitrogens with zero attached hydrogens (tertiary/aromatic N) is 3. The first-order valence-electron chi connectivity index (χ1n) is 13.8. The summed E-state index contributed by atoms with van der Waals surface area (Å²) in [7, 11) is -3.59. The number of benzene rings is 4. The summed E-state index contributed by atoms with van der Waals surface area (Å²) in [6.07, 6.45) is 1.13. The second-order valence-electron chi connectivity index (χ2n) is 10.3. The third-order valence-electron chi connectivity index (χ3n) is 7.39. The van der Waals surface area contributed by atoms with E-state index in [2.05, 4.69) is 53.4 Å². The predicted octanol–water partition coefficient (Wildman–Crippen LogP) is 5.10. The Morgan fingerprint density at radius 3 is 1.88 bits per heavy atom. The van der Waals surface area contributed by atoms with E-state index in [1.165, 1.54) is 27.6 Å². The van der Waals surface area contributed by atoms with Crippen molar-refractivity contribution in [2.45, 2.75) is 12.6 Å². The van der Waals surface area contributed by atoms with Crippen LogP contribution in [-0.2, 0) is 21.4 Å². The van der Waals surface area contributed by atoms with Gasteiger partial charge in [-0.25, -0.2) is 12.8 Å². The van der Waals surface area contributed by atoms with Gasteiger partial charge in [0.1, 0.15) is 11.6 Å². The molecular formula is C33H34FN3O4S. The fourth-order valence-corrected chi connectivity index (χ4v) is 6.10. The minimum Gasteiger partial charge on any atom is -0.484 e. The molecule has 4 aromatic carbocycles. The zero-order valence-electron chi connectivity index (χ0n) is 23.5. The van der Waals surface area contributed by atoms with Gasteiger partial charge in [-0.15, -0.1) is 0 Å². The van der Waals surface area contributed by atoms with Crippen LogP contribution in [0.4, 0.5) is 10.1 Å². The van der Waals surface area contributed by atoms with E-state index < -0.39 is 10.0 Å². The van der Waals surface area contributed by atoms with Crippen LogP contribution in [0.15, 0.2) is 109 Å². The van der Waals surface area contributed by atoms with E-state index in [-0.39, 0.29) is 30.9 Å². The average Bonchev–Trinajstić information content (AvgIpc) is 3.01. The summed E-state index contributed by atoms with van der Waals surface area (Å²) in [5, 5.41) is 0. The second kappa shape index (κ2) is 13.2. The lowest BCUT2D eigenvalue weighted by Gasteiger charge is -2.39. The van der Waals surface area contributed by atoms with Gasteiger partial charge in [0.25, 0.3) is 5.91 Å². The first kappa shape index (κ1) is 29.3. The maximum Gasteiger partial charge on any atom is 0.260 e. The fourth-order valence-electron chi connectivity index (χ4n) is 5.21. The first-order valence-corrected chi connectivity index (χ1v) is 15.7. The van der Waals surface area contributed by atoms with Crippen LogP contribution < -0.4 is 9.04 Å². The molecule has 0 unspecified atom stereocenters. The van der Waals surface area contributed by atoms with Crippen molar-refractivity contribution in [1.29, 1.82) is 0 Å². The number of amides is 1. The molecule has 0 radical (unpaired) electrons. The zero-order chi connectivity index (χ0) is 29.5. The number of hydrogen-bond donors (Lipinski definition) is 0. The van der Waals surface area contributed by atoms with E-state index >= 15 is 0 Å². The summed E-state index contributed by atoms with van der Waals surface area (Å²) in [4.78, 5) is 17.2. The molecule has 0 bridgehead atoms. The number of carbonyl (C=O) groups is 1. The molecule has 1 amide bonds. The molecule has 0 saturated carbocycles. The third kappa shape index (κ3) is 7.35. The van der Waals surface area contributed by atoms with Gasteiger partial charge >= 0.3 is 0 Å². The van der Waals surface area contributed by atoms with Crippen LogP contribution >= 0.6 is 0 Å². The summed E-state index contributed by atoms with van der Waals surface area (Å²) in [5.74, 6) is -0.0101. The van der Waals surface area contributed by atoms with Crippen LogP contribution in [0.25, 0.3) is 0 Å². The van der Waals surface area contributed by atoms with Gasteiger partial charge in [-0.2, -0.15) is 0 Å². The van der Waals surface area contributed by atoms with Crippen LogP contribution in [0.3, 0.4) is 0 Å². The lowest BCUT2D eigenvalue weighted by Crippen LogP contribution is -2.51. The Balaban J connectivity index is 1.17. The Morgan fingerprint density at radius 1 is 0.810 bits per heavy atom. The van der Waals surface area contributed by atoms with Crippen LogP contribution in [0, 0.1) is 5.82 Å². The Hall–Kier alpha value is -4.21. The molecule has 0 aromatic heterocycles. The van der Waals surface area contributed by atoms with E-state index in [0.717, 1.165) is 19.3 Å². The van der Waals surface area contributed by atoms with Crippen molar-refractivity contribution < 1.29 is 22.3 Å². The van der Waals surface area contributed by atoms with Crippen LogP contribution in [0.5, 0.6) is 5.75 Å². The molecule has 0 aliphatic carbocycles. The maximum absolute atomic E-state index is 13.3. The highest BCUT2D eigenvalue weighted by Gasteiger charge is 2.28. The minimum atomic E-state index is -3.59. The Kier molecular flexibility index (Phi) is 9.19. The molecule has 0 spiro atoms. The van der Waals surface area contributed by atoms with E-state index in [0.29, 0.717) is 30.1 Å². The number of carbonyl (C=O) groups excluding carboxylic acids is 1. The first-order chi connectivity index (χ1) is 20.3. The molecule has 1 heterocycles. The molecule has 1 fully saturated rings. The highest BCUT2D eigenvalue weighted by atomic mass is 32.2. The largest absolute Gasteiger partial charge is 0.484 e. The predicted molar refractivity (Wildman–Crippen MR) is 162 cm³/mol. The second-order valence-corrected chi connectivity index (χ2v) is 12.2. The van der Waals surface area contributed by atoms with Gasteiger partial charge in [0.2, 0.25) is 10.0 Å². The lowest BCUT2D eigenvalue weighted by molar-refractivity contribution is -0.135. The molecule has 1 aliphatic rings. The molecule has 218 valence electrons. The summed E-state index contributed by atoms with van der Waals surface area (Å²) in [6, 6.07) is 33.2. The highest BCUT2D eigenvalue weighted by molar-refractivity contribution is 7.92. The molecule has 4 aromatic rings.